The van der Waals surface area contributed by atoms with Crippen LogP contribution in [0.1, 0.15) is 42.5 Å². The van der Waals surface area contributed by atoms with E-state index in [0.717, 1.165) is 32.4 Å². The third-order valence-corrected chi connectivity index (χ3v) is 5.90. The molecule has 0 spiro atoms. The van der Waals surface area contributed by atoms with E-state index in [1.807, 2.05) is 4.90 Å². The minimum absolute atomic E-state index is 0.00215. The van der Waals surface area contributed by atoms with Crippen molar-refractivity contribution in [3.8, 4) is 11.5 Å². The molecule has 2 aliphatic rings. The van der Waals surface area contributed by atoms with Gasteiger partial charge in [0.25, 0.3) is 5.91 Å². The van der Waals surface area contributed by atoms with Gasteiger partial charge in [-0.2, -0.15) is 0 Å². The zero-order valence-electron chi connectivity index (χ0n) is 18.4. The Morgan fingerprint density at radius 1 is 1.06 bits per heavy atom. The third kappa shape index (κ3) is 5.50. The van der Waals surface area contributed by atoms with Gasteiger partial charge in [-0.15, -0.1) is 0 Å². The van der Waals surface area contributed by atoms with Gasteiger partial charge in [0.05, 0.1) is 5.69 Å². The topological polar surface area (TPSA) is 76.2 Å². The first kappa shape index (κ1) is 22.8. The number of ether oxygens (including phenoxy) is 2. The van der Waals surface area contributed by atoms with Gasteiger partial charge in [0.15, 0.2) is 30.6 Å². The van der Waals surface area contributed by atoms with Gasteiger partial charge in [0.1, 0.15) is 5.75 Å². The lowest BCUT2D eigenvalue weighted by atomic mass is 10.1. The first-order chi connectivity index (χ1) is 16.0. The Morgan fingerprint density at radius 2 is 1.85 bits per heavy atom. The highest BCUT2D eigenvalue weighted by Crippen LogP contribution is 2.33. The second kappa shape index (κ2) is 10.5. The second-order valence-electron chi connectivity index (χ2n) is 8.20. The molecule has 0 bridgehead atoms. The van der Waals surface area contributed by atoms with Crippen LogP contribution >= 0.6 is 0 Å². The molecule has 0 saturated carbocycles. The van der Waals surface area contributed by atoms with E-state index in [1.165, 1.54) is 12.1 Å². The molecule has 0 N–H and O–H groups in total. The maximum atomic E-state index is 13.7. The Balaban J connectivity index is 1.39. The predicted molar refractivity (Wildman–Crippen MR) is 120 cm³/mol. The van der Waals surface area contributed by atoms with Crippen molar-refractivity contribution in [2.24, 2.45) is 0 Å². The Morgan fingerprint density at radius 3 is 2.64 bits per heavy atom. The van der Waals surface area contributed by atoms with Crippen molar-refractivity contribution in [2.75, 3.05) is 37.7 Å². The highest BCUT2D eigenvalue weighted by molar-refractivity contribution is 6.02. The summed E-state index contributed by atoms with van der Waals surface area (Å²) in [6, 6.07) is 10.7. The van der Waals surface area contributed by atoms with Gasteiger partial charge in [-0.05, 0) is 56.0 Å². The second-order valence-corrected chi connectivity index (χ2v) is 8.20. The van der Waals surface area contributed by atoms with Crippen molar-refractivity contribution in [1.82, 2.24) is 4.90 Å². The van der Waals surface area contributed by atoms with Crippen LogP contribution in [0.4, 0.5) is 10.1 Å². The maximum absolute atomic E-state index is 13.7. The number of Topliss-reactive ketones (excluding diaryl/α,β-unsaturated/α-hetero) is 1. The van der Waals surface area contributed by atoms with E-state index in [0.29, 0.717) is 36.4 Å². The molecule has 0 radical (unpaired) electrons. The largest absolute Gasteiger partial charge is 0.482 e. The predicted octanol–water partition coefficient (Wildman–Crippen LogP) is 3.61. The van der Waals surface area contributed by atoms with E-state index in [4.69, 9.17) is 9.47 Å². The summed E-state index contributed by atoms with van der Waals surface area (Å²) in [6.45, 7) is 1.55. The average molecular weight is 454 g/mol. The number of para-hydroxylation sites is 1. The Labute approximate surface area is 192 Å². The van der Waals surface area contributed by atoms with Gasteiger partial charge in [0.2, 0.25) is 5.91 Å². The number of amides is 2. The summed E-state index contributed by atoms with van der Waals surface area (Å²) in [5.74, 6) is -0.491. The van der Waals surface area contributed by atoms with Crippen molar-refractivity contribution < 1.29 is 28.2 Å². The molecule has 8 heteroatoms. The van der Waals surface area contributed by atoms with Crippen molar-refractivity contribution in [2.45, 2.75) is 32.1 Å². The van der Waals surface area contributed by atoms with Crippen molar-refractivity contribution in [1.29, 1.82) is 0 Å². The SMILES string of the molecule is O=C(COc1ccccc1F)c1ccc2c(c1)N(CCCC(=O)N1CCCCC1)C(=O)CO2. The summed E-state index contributed by atoms with van der Waals surface area (Å²) >= 11 is 0. The monoisotopic (exact) mass is 454 g/mol. The lowest BCUT2D eigenvalue weighted by molar-refractivity contribution is -0.132. The molecule has 4 rings (SSSR count). The zero-order chi connectivity index (χ0) is 23.2. The van der Waals surface area contributed by atoms with Crippen LogP contribution in [0.2, 0.25) is 0 Å². The molecule has 174 valence electrons. The van der Waals surface area contributed by atoms with Crippen LogP contribution in [-0.2, 0) is 9.59 Å². The molecule has 2 amide bonds. The molecule has 1 fully saturated rings. The van der Waals surface area contributed by atoms with Gasteiger partial charge in [-0.25, -0.2) is 4.39 Å². The molecule has 1 saturated heterocycles. The highest BCUT2D eigenvalue weighted by Gasteiger charge is 2.27. The fourth-order valence-electron chi connectivity index (χ4n) is 4.10. The highest BCUT2D eigenvalue weighted by atomic mass is 19.1. The quantitative estimate of drug-likeness (QED) is 0.570. The summed E-state index contributed by atoms with van der Waals surface area (Å²) in [6.07, 6.45) is 4.14. The number of fused-ring (bicyclic) bond motifs is 1. The number of carbonyl (C=O) groups excluding carboxylic acids is 3. The summed E-state index contributed by atoms with van der Waals surface area (Å²) in [7, 11) is 0. The summed E-state index contributed by atoms with van der Waals surface area (Å²) in [5.41, 5.74) is 0.825. The number of nitrogens with zero attached hydrogens (tertiary/aromatic N) is 2. The molecule has 2 aromatic carbocycles. The molecule has 0 aromatic heterocycles. The number of ketones is 1. The molecule has 7 nitrogen and oxygen atoms in total. The fourth-order valence-corrected chi connectivity index (χ4v) is 4.10. The number of likely N-dealkylation sites (tertiary alicyclic amines) is 1. The van der Waals surface area contributed by atoms with Gasteiger partial charge in [-0.1, -0.05) is 12.1 Å². The fraction of sp³-hybridized carbons (Fsp3) is 0.400. The molecule has 0 aliphatic carbocycles. The number of halogens is 1. The summed E-state index contributed by atoms with van der Waals surface area (Å²) < 4.78 is 24.6. The van der Waals surface area contributed by atoms with E-state index >= 15 is 0 Å². The lowest BCUT2D eigenvalue weighted by Gasteiger charge is -2.30. The van der Waals surface area contributed by atoms with Gasteiger partial charge in [-0.3, -0.25) is 14.4 Å². The summed E-state index contributed by atoms with van der Waals surface area (Å²) in [4.78, 5) is 41.1. The third-order valence-electron chi connectivity index (χ3n) is 5.90. The number of anilines is 1. The molecular formula is C25H27FN2O5. The Bertz CT molecular complexity index is 1040. The molecule has 2 aromatic rings. The number of carbonyl (C=O) groups is 3. The van der Waals surface area contributed by atoms with Crippen LogP contribution in [-0.4, -0.2) is 55.3 Å². The molecule has 0 atom stereocenters. The zero-order valence-corrected chi connectivity index (χ0v) is 18.4. The van der Waals surface area contributed by atoms with E-state index in [1.54, 1.807) is 35.2 Å². The van der Waals surface area contributed by atoms with Crippen LogP contribution in [0.5, 0.6) is 11.5 Å². The van der Waals surface area contributed by atoms with Crippen molar-refractivity contribution >= 4 is 23.3 Å². The number of benzene rings is 2. The number of hydrogen-bond acceptors (Lipinski definition) is 5. The molecular weight excluding hydrogens is 427 g/mol. The van der Waals surface area contributed by atoms with Gasteiger partial charge in [0, 0.05) is 31.6 Å². The van der Waals surface area contributed by atoms with Crippen molar-refractivity contribution in [3.63, 3.8) is 0 Å². The summed E-state index contributed by atoms with van der Waals surface area (Å²) in [5, 5.41) is 0. The normalized spacial score (nSPS) is 15.6. The van der Waals surface area contributed by atoms with Crippen LogP contribution in [0.15, 0.2) is 42.5 Å². The van der Waals surface area contributed by atoms with Crippen LogP contribution in [0, 0.1) is 5.82 Å². The number of piperidine rings is 1. The first-order valence-electron chi connectivity index (χ1n) is 11.3. The van der Waals surface area contributed by atoms with Crippen LogP contribution in [0.3, 0.4) is 0 Å². The van der Waals surface area contributed by atoms with E-state index in [2.05, 4.69) is 0 Å². The smallest absolute Gasteiger partial charge is 0.265 e. The van der Waals surface area contributed by atoms with Gasteiger partial charge < -0.3 is 19.3 Å². The van der Waals surface area contributed by atoms with Crippen molar-refractivity contribution in [3.05, 3.63) is 53.8 Å². The first-order valence-corrected chi connectivity index (χ1v) is 11.3. The minimum atomic E-state index is -0.542. The Kier molecular flexibility index (Phi) is 7.22. The van der Waals surface area contributed by atoms with E-state index < -0.39 is 5.82 Å². The molecule has 2 heterocycles. The van der Waals surface area contributed by atoms with Crippen LogP contribution < -0.4 is 14.4 Å². The van der Waals surface area contributed by atoms with Crippen LogP contribution in [0.25, 0.3) is 0 Å². The van der Waals surface area contributed by atoms with Gasteiger partial charge >= 0.3 is 0 Å². The standard InChI is InChI=1S/C25H27FN2O5/c26-19-7-2-3-8-22(19)32-16-21(29)18-10-11-23-20(15-18)28(25(31)17-33-23)14-6-9-24(30)27-12-4-1-5-13-27/h2-3,7-8,10-11,15H,1,4-6,9,12-14,16-17H2. The van der Waals surface area contributed by atoms with E-state index in [9.17, 15) is 18.8 Å². The molecule has 33 heavy (non-hydrogen) atoms. The van der Waals surface area contributed by atoms with E-state index in [-0.39, 0.29) is 36.6 Å². The average Bonchev–Trinajstić information content (AvgIpc) is 2.84. The number of rotatable bonds is 8. The maximum Gasteiger partial charge on any atom is 0.265 e. The number of hydrogen-bond donors (Lipinski definition) is 0. The molecule has 2 aliphatic heterocycles. The molecule has 0 unspecified atom stereocenters. The minimum Gasteiger partial charge on any atom is -0.482 e. The lowest BCUT2D eigenvalue weighted by Crippen LogP contribution is -2.40. The Hall–Kier alpha value is -3.42.